The summed E-state index contributed by atoms with van der Waals surface area (Å²) in [5.41, 5.74) is 5.53. The van der Waals surface area contributed by atoms with Crippen molar-refractivity contribution < 1.29 is 9.63 Å². The third-order valence-corrected chi connectivity index (χ3v) is 5.41. The monoisotopic (exact) mass is 422 g/mol. The molecule has 0 aliphatic carbocycles. The van der Waals surface area contributed by atoms with Crippen LogP contribution in [0.2, 0.25) is 0 Å². The van der Waals surface area contributed by atoms with Crippen molar-refractivity contribution in [3.63, 3.8) is 0 Å². The molecule has 0 radical (unpaired) electrons. The summed E-state index contributed by atoms with van der Waals surface area (Å²) < 4.78 is 1.81. The normalized spacial score (nSPS) is 15.7. The zero-order valence-electron chi connectivity index (χ0n) is 17.6. The first-order valence-electron chi connectivity index (χ1n) is 10.3. The first-order valence-corrected chi connectivity index (χ1v) is 10.3. The number of rotatable bonds is 6. The number of piperidine rings is 1. The topological polar surface area (TPSA) is 113 Å². The quantitative estimate of drug-likeness (QED) is 0.275. The molecule has 1 aliphatic rings. The van der Waals surface area contributed by atoms with Gasteiger partial charge in [-0.1, -0.05) is 18.2 Å². The van der Waals surface area contributed by atoms with Crippen molar-refractivity contribution in [3.05, 3.63) is 64.2 Å². The molecule has 0 unspecified atom stereocenters. The number of benzene rings is 1. The Morgan fingerprint density at radius 1 is 1.32 bits per heavy atom. The molecule has 1 fully saturated rings. The minimum absolute atomic E-state index is 0.178. The summed E-state index contributed by atoms with van der Waals surface area (Å²) in [4.78, 5) is 33.1. The third-order valence-electron chi connectivity index (χ3n) is 5.41. The van der Waals surface area contributed by atoms with Gasteiger partial charge in [0.05, 0.1) is 35.0 Å². The molecule has 0 atom stereocenters. The van der Waals surface area contributed by atoms with Gasteiger partial charge in [-0.3, -0.25) is 19.9 Å². The van der Waals surface area contributed by atoms with E-state index in [-0.39, 0.29) is 17.4 Å². The zero-order chi connectivity index (χ0) is 21.8. The van der Waals surface area contributed by atoms with Crippen molar-refractivity contribution >= 4 is 28.1 Å². The summed E-state index contributed by atoms with van der Waals surface area (Å²) in [6.45, 7) is 3.65. The smallest absolute Gasteiger partial charge is 0.257 e. The molecule has 0 bridgehead atoms. The third kappa shape index (κ3) is 4.23. The van der Waals surface area contributed by atoms with Crippen molar-refractivity contribution in [1.82, 2.24) is 25.4 Å². The molecule has 1 aromatic carbocycles. The van der Waals surface area contributed by atoms with Gasteiger partial charge in [-0.15, -0.1) is 0 Å². The average Bonchev–Trinajstić information content (AvgIpc) is 3.16. The molecule has 3 heterocycles. The van der Waals surface area contributed by atoms with Crippen LogP contribution in [-0.2, 0) is 9.63 Å². The summed E-state index contributed by atoms with van der Waals surface area (Å²) in [6.07, 6.45) is 6.81. The molecule has 31 heavy (non-hydrogen) atoms. The molecule has 1 amide bonds. The van der Waals surface area contributed by atoms with E-state index in [0.717, 1.165) is 31.6 Å². The summed E-state index contributed by atoms with van der Waals surface area (Å²) in [6, 6.07) is 7.14. The van der Waals surface area contributed by atoms with E-state index >= 15 is 0 Å². The van der Waals surface area contributed by atoms with E-state index in [0.29, 0.717) is 27.8 Å². The van der Waals surface area contributed by atoms with E-state index in [1.54, 1.807) is 24.3 Å². The van der Waals surface area contributed by atoms with E-state index in [4.69, 9.17) is 9.94 Å². The van der Waals surface area contributed by atoms with Crippen LogP contribution in [0.25, 0.3) is 16.6 Å². The van der Waals surface area contributed by atoms with Crippen molar-refractivity contribution in [3.8, 4) is 0 Å². The Hall–Kier alpha value is -3.43. The van der Waals surface area contributed by atoms with Crippen molar-refractivity contribution in [2.75, 3.05) is 25.5 Å². The van der Waals surface area contributed by atoms with E-state index < -0.39 is 0 Å². The highest BCUT2D eigenvalue weighted by molar-refractivity contribution is 6.12. The summed E-state index contributed by atoms with van der Waals surface area (Å²) >= 11 is 0. The highest BCUT2D eigenvalue weighted by atomic mass is 16.6. The first-order chi connectivity index (χ1) is 15.1. The number of carbonyl (C=O) groups excluding carboxylic acids is 1. The number of hydrogen-bond acceptors (Lipinski definition) is 6. The second-order valence-electron chi connectivity index (χ2n) is 7.42. The minimum atomic E-state index is -0.314. The van der Waals surface area contributed by atoms with Gasteiger partial charge in [0, 0.05) is 18.2 Å². The van der Waals surface area contributed by atoms with Gasteiger partial charge in [-0.05, 0) is 45.0 Å². The van der Waals surface area contributed by atoms with Gasteiger partial charge < -0.3 is 15.6 Å². The molecular weight excluding hydrogens is 396 g/mol. The number of nitrogens with zero attached hydrogens (tertiary/aromatic N) is 2. The Labute approximate surface area is 179 Å². The number of H-pyrrole nitrogens is 1. The number of fused-ring (bicyclic) bond motifs is 3. The highest BCUT2D eigenvalue weighted by Gasteiger charge is 2.22. The van der Waals surface area contributed by atoms with Crippen molar-refractivity contribution in [2.45, 2.75) is 25.7 Å². The zero-order valence-corrected chi connectivity index (χ0v) is 17.6. The molecule has 9 heteroatoms. The van der Waals surface area contributed by atoms with Gasteiger partial charge in [0.25, 0.3) is 11.5 Å². The molecule has 0 spiro atoms. The fraction of sp³-hybridized carbons (Fsp3) is 0.318. The number of hydrogen-bond donors (Lipinski definition) is 4. The molecule has 4 rings (SSSR count). The van der Waals surface area contributed by atoms with Crippen LogP contribution in [-0.4, -0.2) is 40.7 Å². The van der Waals surface area contributed by atoms with Crippen molar-refractivity contribution in [2.24, 2.45) is 0 Å². The minimum Gasteiger partial charge on any atom is -0.321 e. The summed E-state index contributed by atoms with van der Waals surface area (Å²) in [5.74, 6) is -0.0610. The van der Waals surface area contributed by atoms with E-state index in [9.17, 15) is 9.59 Å². The Kier molecular flexibility index (Phi) is 6.15. The van der Waals surface area contributed by atoms with E-state index in [1.165, 1.54) is 13.3 Å². The maximum absolute atomic E-state index is 12.9. The molecule has 4 N–H and O–H groups in total. The number of allylic oxidation sites excluding steroid dienone is 1. The van der Waals surface area contributed by atoms with Gasteiger partial charge >= 0.3 is 0 Å². The number of hydroxylamine groups is 1. The molecule has 0 saturated carbocycles. The lowest BCUT2D eigenvalue weighted by atomic mass is 9.94. The van der Waals surface area contributed by atoms with Crippen LogP contribution in [0.3, 0.4) is 0 Å². The summed E-state index contributed by atoms with van der Waals surface area (Å²) in [5, 5.41) is 11.7. The standard InChI is InChI=1S/C22H26N6O3/c1-3-5-15(13-24-31-2)22(30)25-16-6-4-7-17-20(16)21-26-19(29)12-18(28(21)27-17)14-8-10-23-11-9-14/h3-7,12-14,23-24H,8-11H2,1-2H3,(H,25,30)(H,26,29)/b5-3-,15-13+. The maximum atomic E-state index is 12.9. The predicted molar refractivity (Wildman–Crippen MR) is 120 cm³/mol. The number of anilines is 1. The second kappa shape index (κ2) is 9.15. The van der Waals surface area contributed by atoms with E-state index in [2.05, 4.69) is 21.1 Å². The maximum Gasteiger partial charge on any atom is 0.257 e. The number of carbonyl (C=O) groups is 1. The van der Waals surface area contributed by atoms with Crippen LogP contribution >= 0.6 is 0 Å². The van der Waals surface area contributed by atoms with Crippen molar-refractivity contribution in [1.29, 1.82) is 0 Å². The van der Waals surface area contributed by atoms with Gasteiger partial charge in [-0.2, -0.15) is 5.10 Å². The van der Waals surface area contributed by atoms with Gasteiger partial charge in [0.15, 0.2) is 0 Å². The molecule has 2 aromatic heterocycles. The Balaban J connectivity index is 1.80. The largest absolute Gasteiger partial charge is 0.321 e. The number of aromatic nitrogens is 3. The average molecular weight is 422 g/mol. The lowest BCUT2D eigenvalue weighted by molar-refractivity contribution is -0.112. The lowest BCUT2D eigenvalue weighted by Crippen LogP contribution is -2.28. The van der Waals surface area contributed by atoms with Crippen LogP contribution in [0.1, 0.15) is 31.4 Å². The first kappa shape index (κ1) is 20.8. The van der Waals surface area contributed by atoms with Crippen LogP contribution in [0.5, 0.6) is 0 Å². The fourth-order valence-electron chi connectivity index (χ4n) is 3.98. The van der Waals surface area contributed by atoms with Crippen LogP contribution in [0, 0.1) is 0 Å². The number of nitrogens with one attached hydrogen (secondary N) is 4. The van der Waals surface area contributed by atoms with Gasteiger partial charge in [0.2, 0.25) is 0 Å². The van der Waals surface area contributed by atoms with E-state index in [1.807, 2.05) is 23.6 Å². The highest BCUT2D eigenvalue weighted by Crippen LogP contribution is 2.30. The Morgan fingerprint density at radius 2 is 2.13 bits per heavy atom. The molecule has 1 saturated heterocycles. The molecule has 1 aliphatic heterocycles. The lowest BCUT2D eigenvalue weighted by Gasteiger charge is -2.23. The SMILES string of the molecule is C/C=C\C(=C/NOC)C(=O)Nc1cccc2nn3c(C4CCNCC4)cc(=O)[nH]c3c12. The number of aromatic amines is 1. The Bertz CT molecular complexity index is 1220. The number of amides is 1. The Morgan fingerprint density at radius 3 is 2.87 bits per heavy atom. The van der Waals surface area contributed by atoms with Gasteiger partial charge in [0.1, 0.15) is 5.65 Å². The molecule has 3 aromatic rings. The second-order valence-corrected chi connectivity index (χ2v) is 7.42. The van der Waals surface area contributed by atoms with Crippen LogP contribution in [0.4, 0.5) is 5.69 Å². The van der Waals surface area contributed by atoms with Gasteiger partial charge in [-0.25, -0.2) is 4.52 Å². The predicted octanol–water partition coefficient (Wildman–Crippen LogP) is 2.19. The van der Waals surface area contributed by atoms with Crippen LogP contribution in [0.15, 0.2) is 53.0 Å². The molecule has 9 nitrogen and oxygen atoms in total. The molecule has 162 valence electrons. The summed E-state index contributed by atoms with van der Waals surface area (Å²) in [7, 11) is 1.47. The van der Waals surface area contributed by atoms with Crippen LogP contribution < -0.4 is 21.7 Å². The molecular formula is C22H26N6O3. The fourth-order valence-corrected chi connectivity index (χ4v) is 3.98.